The molecule has 1 heterocycles. The third-order valence-electron chi connectivity index (χ3n) is 1.39. The molecule has 0 saturated heterocycles. The van der Waals surface area contributed by atoms with Crippen molar-refractivity contribution in [3.8, 4) is 0 Å². The fourth-order valence-electron chi connectivity index (χ4n) is 0.861. The highest BCUT2D eigenvalue weighted by molar-refractivity contribution is 7.79. The van der Waals surface area contributed by atoms with Crippen LogP contribution in [0.4, 0.5) is 0 Å². The van der Waals surface area contributed by atoms with Crippen LogP contribution in [-0.2, 0) is 23.9 Å². The summed E-state index contributed by atoms with van der Waals surface area (Å²) in [6.07, 6.45) is 6.07. The molecule has 1 aromatic heterocycles. The first-order chi connectivity index (χ1) is 6.34. The highest BCUT2D eigenvalue weighted by atomic mass is 32.3. The van der Waals surface area contributed by atoms with Gasteiger partial charge in [0.05, 0.1) is 0 Å². The molecule has 0 radical (unpaired) electrons. The van der Waals surface area contributed by atoms with Gasteiger partial charge in [0.25, 0.3) is 0 Å². The molecule has 6 nitrogen and oxygen atoms in total. The third-order valence-corrected chi connectivity index (χ3v) is 1.39. The predicted molar refractivity (Wildman–Crippen MR) is 51.4 cm³/mol. The maximum atomic E-state index is 8.74. The standard InChI is InChI=1S/C7H12N2.H2O4S/c1-3-4-7-8-5-6-9(7)2;1-5(2,3)4/h5-6H,3-4H2,1-2H3;(H2,1,2,3,4). The first-order valence-corrected chi connectivity index (χ1v) is 5.40. The summed E-state index contributed by atoms with van der Waals surface area (Å²) in [7, 11) is -2.64. The van der Waals surface area contributed by atoms with Crippen LogP contribution in [0.5, 0.6) is 0 Å². The number of aryl methyl sites for hydroxylation is 2. The Kier molecular flexibility index (Phi) is 5.36. The van der Waals surface area contributed by atoms with Gasteiger partial charge in [-0.3, -0.25) is 9.11 Å². The van der Waals surface area contributed by atoms with Gasteiger partial charge in [-0.05, 0) is 6.42 Å². The zero-order valence-corrected chi connectivity index (χ0v) is 8.90. The topological polar surface area (TPSA) is 92.4 Å². The van der Waals surface area contributed by atoms with Gasteiger partial charge < -0.3 is 4.57 Å². The zero-order valence-electron chi connectivity index (χ0n) is 8.08. The molecule has 14 heavy (non-hydrogen) atoms. The Bertz CT molecular complexity index is 350. The maximum Gasteiger partial charge on any atom is 0.394 e. The van der Waals surface area contributed by atoms with Gasteiger partial charge in [0, 0.05) is 25.9 Å². The number of aromatic nitrogens is 2. The normalized spacial score (nSPS) is 10.6. The van der Waals surface area contributed by atoms with Crippen LogP contribution >= 0.6 is 0 Å². The molecular weight excluding hydrogens is 208 g/mol. The molecule has 2 N–H and O–H groups in total. The van der Waals surface area contributed by atoms with E-state index in [0.717, 1.165) is 6.42 Å². The van der Waals surface area contributed by atoms with Gasteiger partial charge in [-0.25, -0.2) is 4.98 Å². The Morgan fingerprint density at radius 3 is 2.29 bits per heavy atom. The van der Waals surface area contributed by atoms with E-state index in [2.05, 4.69) is 16.5 Å². The minimum atomic E-state index is -4.67. The summed E-state index contributed by atoms with van der Waals surface area (Å²) in [6, 6.07) is 0. The molecule has 0 unspecified atom stereocenters. The first-order valence-electron chi connectivity index (χ1n) is 4.00. The number of hydrogen-bond acceptors (Lipinski definition) is 3. The summed E-state index contributed by atoms with van der Waals surface area (Å²) in [5.41, 5.74) is 0. The monoisotopic (exact) mass is 222 g/mol. The average molecular weight is 222 g/mol. The van der Waals surface area contributed by atoms with E-state index in [1.165, 1.54) is 12.2 Å². The minimum absolute atomic E-state index is 1.09. The van der Waals surface area contributed by atoms with Crippen molar-refractivity contribution in [2.24, 2.45) is 7.05 Å². The van der Waals surface area contributed by atoms with Crippen molar-refractivity contribution in [3.05, 3.63) is 18.2 Å². The van der Waals surface area contributed by atoms with Gasteiger partial charge in [-0.1, -0.05) is 6.92 Å². The Hall–Kier alpha value is -0.920. The molecule has 0 aliphatic heterocycles. The third kappa shape index (κ3) is 7.71. The molecular formula is C7H14N2O4S. The quantitative estimate of drug-likeness (QED) is 0.719. The molecule has 1 rings (SSSR count). The lowest BCUT2D eigenvalue weighted by molar-refractivity contribution is 0.381. The van der Waals surface area contributed by atoms with Crippen LogP contribution in [0.3, 0.4) is 0 Å². The van der Waals surface area contributed by atoms with Gasteiger partial charge in [0.15, 0.2) is 0 Å². The summed E-state index contributed by atoms with van der Waals surface area (Å²) in [5.74, 6) is 1.18. The fourth-order valence-corrected chi connectivity index (χ4v) is 0.861. The average Bonchev–Trinajstić information content (AvgIpc) is 2.34. The second-order valence-electron chi connectivity index (χ2n) is 2.65. The van der Waals surface area contributed by atoms with Crippen molar-refractivity contribution in [2.45, 2.75) is 19.8 Å². The smallest absolute Gasteiger partial charge is 0.338 e. The van der Waals surface area contributed by atoms with E-state index in [9.17, 15) is 0 Å². The summed E-state index contributed by atoms with van der Waals surface area (Å²) in [5, 5.41) is 0. The van der Waals surface area contributed by atoms with Crippen LogP contribution < -0.4 is 0 Å². The van der Waals surface area contributed by atoms with Gasteiger partial charge in [0.1, 0.15) is 5.82 Å². The molecule has 0 fully saturated rings. The number of hydrogen-bond donors (Lipinski definition) is 2. The zero-order chi connectivity index (χ0) is 11.2. The Labute approximate surface area is 83.2 Å². The Morgan fingerprint density at radius 1 is 1.50 bits per heavy atom. The van der Waals surface area contributed by atoms with Crippen molar-refractivity contribution >= 4 is 10.4 Å². The van der Waals surface area contributed by atoms with Crippen LogP contribution in [0.15, 0.2) is 12.4 Å². The van der Waals surface area contributed by atoms with E-state index in [-0.39, 0.29) is 0 Å². The number of rotatable bonds is 2. The van der Waals surface area contributed by atoms with E-state index in [1.54, 1.807) is 0 Å². The van der Waals surface area contributed by atoms with Gasteiger partial charge in [0.2, 0.25) is 0 Å². The van der Waals surface area contributed by atoms with Gasteiger partial charge in [-0.2, -0.15) is 8.42 Å². The molecule has 0 amide bonds. The largest absolute Gasteiger partial charge is 0.394 e. The van der Waals surface area contributed by atoms with E-state index in [1.807, 2.05) is 19.4 Å². The first kappa shape index (κ1) is 13.1. The fraction of sp³-hybridized carbons (Fsp3) is 0.571. The second kappa shape index (κ2) is 5.74. The SMILES string of the molecule is CCCc1nccn1C.O=S(=O)(O)O. The van der Waals surface area contributed by atoms with Crippen LogP contribution in [0.1, 0.15) is 19.2 Å². The molecule has 0 atom stereocenters. The molecule has 0 aromatic carbocycles. The number of nitrogens with zero attached hydrogens (tertiary/aromatic N) is 2. The molecule has 1 aromatic rings. The second-order valence-corrected chi connectivity index (χ2v) is 3.55. The summed E-state index contributed by atoms with van der Waals surface area (Å²) in [6.45, 7) is 2.16. The summed E-state index contributed by atoms with van der Waals surface area (Å²) >= 11 is 0. The lowest BCUT2D eigenvalue weighted by Crippen LogP contribution is -1.95. The molecule has 0 saturated carbocycles. The lowest BCUT2D eigenvalue weighted by Gasteiger charge is -1.95. The Morgan fingerprint density at radius 2 is 2.00 bits per heavy atom. The van der Waals surface area contributed by atoms with Crippen molar-refractivity contribution in [2.75, 3.05) is 0 Å². The Balaban J connectivity index is 0.000000292. The molecule has 0 aliphatic carbocycles. The molecule has 0 aliphatic rings. The van der Waals surface area contributed by atoms with Crippen LogP contribution in [0.2, 0.25) is 0 Å². The van der Waals surface area contributed by atoms with Crippen LogP contribution in [0.25, 0.3) is 0 Å². The lowest BCUT2D eigenvalue weighted by atomic mass is 10.3. The maximum absolute atomic E-state index is 8.74. The molecule has 0 bridgehead atoms. The summed E-state index contributed by atoms with van der Waals surface area (Å²) in [4.78, 5) is 4.17. The van der Waals surface area contributed by atoms with E-state index < -0.39 is 10.4 Å². The van der Waals surface area contributed by atoms with Gasteiger partial charge in [-0.15, -0.1) is 0 Å². The summed E-state index contributed by atoms with van der Waals surface area (Å²) < 4.78 is 33.6. The van der Waals surface area contributed by atoms with Crippen LogP contribution in [0, 0.1) is 0 Å². The van der Waals surface area contributed by atoms with Gasteiger partial charge >= 0.3 is 10.4 Å². The highest BCUT2D eigenvalue weighted by Gasteiger charge is 1.93. The van der Waals surface area contributed by atoms with E-state index in [0.29, 0.717) is 0 Å². The molecule has 82 valence electrons. The van der Waals surface area contributed by atoms with Crippen molar-refractivity contribution in [1.82, 2.24) is 9.55 Å². The van der Waals surface area contributed by atoms with E-state index in [4.69, 9.17) is 17.5 Å². The van der Waals surface area contributed by atoms with E-state index >= 15 is 0 Å². The predicted octanol–water partition coefficient (Wildman–Crippen LogP) is 0.720. The highest BCUT2D eigenvalue weighted by Crippen LogP contribution is 1.96. The molecule has 7 heteroatoms. The van der Waals surface area contributed by atoms with Crippen molar-refractivity contribution in [1.29, 1.82) is 0 Å². The van der Waals surface area contributed by atoms with Crippen molar-refractivity contribution < 1.29 is 17.5 Å². The van der Waals surface area contributed by atoms with Crippen molar-refractivity contribution in [3.63, 3.8) is 0 Å². The number of imidazole rings is 1. The minimum Gasteiger partial charge on any atom is -0.338 e. The van der Waals surface area contributed by atoms with Crippen LogP contribution in [-0.4, -0.2) is 27.1 Å². The molecule has 0 spiro atoms.